The normalized spacial score (nSPS) is 12.1. The summed E-state index contributed by atoms with van der Waals surface area (Å²) in [6.07, 6.45) is 6.62. The number of benzene rings is 4. The molecule has 0 unspecified atom stereocenters. The molecule has 3 heteroatoms. The molecule has 39 heavy (non-hydrogen) atoms. The molecule has 0 aliphatic heterocycles. The summed E-state index contributed by atoms with van der Waals surface area (Å²) < 4.78 is 1.42. The first-order chi connectivity index (χ1) is 17.8. The summed E-state index contributed by atoms with van der Waals surface area (Å²) in [4.78, 5) is 0. The molecule has 0 radical (unpaired) electrons. The van der Waals surface area contributed by atoms with E-state index in [-0.39, 0.29) is 30.2 Å². The van der Waals surface area contributed by atoms with Crippen LogP contribution in [-0.2, 0) is 24.2 Å². The summed E-state index contributed by atoms with van der Waals surface area (Å²) in [6.45, 7) is 8.87. The minimum absolute atomic E-state index is 0. The Kier molecular flexibility index (Phi) is 12.9. The Balaban J connectivity index is 0.000000203. The van der Waals surface area contributed by atoms with Crippen molar-refractivity contribution in [3.05, 3.63) is 150 Å². The van der Waals surface area contributed by atoms with Gasteiger partial charge in [0.1, 0.15) is 0 Å². The summed E-state index contributed by atoms with van der Waals surface area (Å²) in [5, 5.41) is 5.39. The van der Waals surface area contributed by atoms with Crippen molar-refractivity contribution in [3.63, 3.8) is 0 Å². The number of hydrogen-bond acceptors (Lipinski definition) is 0. The van der Waals surface area contributed by atoms with Crippen LogP contribution in [0.15, 0.2) is 132 Å². The molecule has 0 bridgehead atoms. The van der Waals surface area contributed by atoms with Crippen molar-refractivity contribution >= 4 is 24.8 Å². The maximum Gasteiger partial charge on any atom is -0.0771 e. The van der Waals surface area contributed by atoms with Gasteiger partial charge in [-0.25, -0.2) is 11.1 Å². The standard InChI is InChI=1S/C13H9.C13H10.C10H15.2ClH.Zr/c1-3-7-12-10(5-1)9-11-6-2-4-8-13(11)12;1-3-7-12(8-4-1)11-13-9-5-2-6-10-13;1-8-6-5-7-9(8)10(2,3)4;;;/h1-9H;1-10H;6H,5H2,1-4H3;2*1H;/q-1;;-1;;;+2/p-2. The van der Waals surface area contributed by atoms with Crippen LogP contribution in [0.4, 0.5) is 0 Å². The summed E-state index contributed by atoms with van der Waals surface area (Å²) in [5.74, 6) is 0. The molecule has 0 amide bonds. The zero-order valence-corrected chi connectivity index (χ0v) is 27.0. The summed E-state index contributed by atoms with van der Waals surface area (Å²) in [7, 11) is 0. The van der Waals surface area contributed by atoms with Crippen molar-refractivity contribution in [2.24, 2.45) is 5.41 Å². The fourth-order valence-corrected chi connectivity index (χ4v) is 5.50. The van der Waals surface area contributed by atoms with Crippen LogP contribution in [0, 0.1) is 11.5 Å². The van der Waals surface area contributed by atoms with E-state index in [9.17, 15) is 0 Å². The van der Waals surface area contributed by atoms with Crippen LogP contribution in [0.1, 0.15) is 45.2 Å². The van der Waals surface area contributed by atoms with Gasteiger partial charge in [-0.1, -0.05) is 57.2 Å². The predicted molar refractivity (Wildman–Crippen MR) is 158 cm³/mol. The first-order valence-electron chi connectivity index (χ1n) is 12.9. The van der Waals surface area contributed by atoms with Crippen LogP contribution in [0.5, 0.6) is 0 Å². The minimum Gasteiger partial charge on any atom is -0.126 e. The quantitative estimate of drug-likeness (QED) is 0.262. The van der Waals surface area contributed by atoms with Crippen LogP contribution in [0.3, 0.4) is 0 Å². The van der Waals surface area contributed by atoms with Crippen molar-refractivity contribution in [2.45, 2.75) is 34.1 Å². The predicted octanol–water partition coefficient (Wildman–Crippen LogP) is 3.63. The van der Waals surface area contributed by atoms with Crippen molar-refractivity contribution in [3.8, 4) is 0 Å². The van der Waals surface area contributed by atoms with E-state index in [1.807, 2.05) is 0 Å². The van der Waals surface area contributed by atoms with E-state index in [2.05, 4.69) is 155 Å². The topological polar surface area (TPSA) is 0 Å². The summed E-state index contributed by atoms with van der Waals surface area (Å²) in [6, 6.07) is 40.4. The first-order valence-corrected chi connectivity index (χ1v) is 14.1. The summed E-state index contributed by atoms with van der Waals surface area (Å²) >= 11 is 1.46. The van der Waals surface area contributed by atoms with Gasteiger partial charge in [-0.05, 0) is 5.41 Å². The Morgan fingerprint density at radius 3 is 1.44 bits per heavy atom. The number of fused-ring (bicyclic) bond motifs is 3. The number of allylic oxidation sites excluding steroid dienone is 4. The molecular weight excluding hydrogens is 595 g/mol. The van der Waals surface area contributed by atoms with Crippen molar-refractivity contribution in [1.82, 2.24) is 0 Å². The van der Waals surface area contributed by atoms with Crippen LogP contribution in [-0.4, -0.2) is 3.21 Å². The number of halogens is 2. The average Bonchev–Trinajstić information content (AvgIpc) is 3.53. The zero-order chi connectivity index (χ0) is 26.3. The van der Waals surface area contributed by atoms with E-state index < -0.39 is 0 Å². The van der Waals surface area contributed by atoms with Gasteiger partial charge in [0.15, 0.2) is 0 Å². The average molecular weight is 629 g/mol. The third-order valence-corrected chi connectivity index (χ3v) is 7.90. The van der Waals surface area contributed by atoms with Gasteiger partial charge in [0.25, 0.3) is 0 Å². The number of rotatable bonds is 2. The molecule has 0 saturated carbocycles. The molecule has 6 rings (SSSR count). The third-order valence-electron chi connectivity index (χ3n) is 6.48. The molecule has 0 nitrogen and oxygen atoms in total. The van der Waals surface area contributed by atoms with E-state index in [1.165, 1.54) is 71.3 Å². The van der Waals surface area contributed by atoms with Gasteiger partial charge in [-0.15, -0.1) is 53.1 Å². The van der Waals surface area contributed by atoms with Gasteiger partial charge in [-0.3, -0.25) is 6.08 Å². The Bertz CT molecular complexity index is 1440. The molecule has 1 aliphatic carbocycles. The first kappa shape index (κ1) is 32.8. The van der Waals surface area contributed by atoms with Crippen molar-refractivity contribution in [1.29, 1.82) is 0 Å². The van der Waals surface area contributed by atoms with Gasteiger partial charge < -0.3 is 24.8 Å². The molecule has 5 aromatic carbocycles. The van der Waals surface area contributed by atoms with Crippen LogP contribution in [0.2, 0.25) is 0 Å². The molecule has 0 N–H and O–H groups in total. The van der Waals surface area contributed by atoms with E-state index in [0.29, 0.717) is 0 Å². The zero-order valence-electron chi connectivity index (χ0n) is 23.0. The summed E-state index contributed by atoms with van der Waals surface area (Å²) in [5.41, 5.74) is 5.76. The SMILES string of the molecule is CC1=CC[C-]=C1C(C)(C)C.[Cl-].[Cl-].[Zr+2]=[C](c1ccccc1)c1ccccc1.c1ccc2c(c1)[cH-]c1ccccc12. The monoisotopic (exact) mass is 626 g/mol. The molecular formula is C36H34Cl2Zr-2. The van der Waals surface area contributed by atoms with Gasteiger partial charge in [0.2, 0.25) is 0 Å². The molecule has 0 heterocycles. The van der Waals surface area contributed by atoms with Crippen molar-refractivity contribution in [2.75, 3.05) is 0 Å². The minimum atomic E-state index is 0. The molecule has 0 fully saturated rings. The Hall–Kier alpha value is -2.44. The van der Waals surface area contributed by atoms with Gasteiger partial charge >= 0.3 is 99.2 Å². The third kappa shape index (κ3) is 8.78. The smallest absolute Gasteiger partial charge is 0.0771 e. The number of hydrogen-bond donors (Lipinski definition) is 0. The van der Waals surface area contributed by atoms with Gasteiger partial charge in [-0.2, -0.15) is 6.08 Å². The largest absolute Gasteiger partial charge is 0.126 e. The van der Waals surface area contributed by atoms with Crippen LogP contribution in [0.25, 0.3) is 21.5 Å². The molecule has 0 aromatic heterocycles. The maximum absolute atomic E-state index is 3.37. The second-order valence-corrected chi connectivity index (χ2v) is 11.5. The molecule has 0 saturated heterocycles. The maximum atomic E-state index is 3.37. The Labute approximate surface area is 261 Å². The van der Waals surface area contributed by atoms with Crippen LogP contribution < -0.4 is 24.8 Å². The molecule has 0 atom stereocenters. The van der Waals surface area contributed by atoms with E-state index in [1.54, 1.807) is 0 Å². The molecule has 1 aliphatic rings. The van der Waals surface area contributed by atoms with Crippen molar-refractivity contribution < 1.29 is 49.0 Å². The van der Waals surface area contributed by atoms with Gasteiger partial charge in [0.05, 0.1) is 0 Å². The van der Waals surface area contributed by atoms with E-state index in [4.69, 9.17) is 0 Å². The molecule has 5 aromatic rings. The van der Waals surface area contributed by atoms with Gasteiger partial charge in [0, 0.05) is 0 Å². The Morgan fingerprint density at radius 1 is 0.667 bits per heavy atom. The second-order valence-electron chi connectivity index (χ2n) is 10.3. The second kappa shape index (κ2) is 15.4. The van der Waals surface area contributed by atoms with Crippen LogP contribution >= 0.6 is 0 Å². The van der Waals surface area contributed by atoms with E-state index in [0.717, 1.165) is 6.42 Å². The molecule has 0 spiro atoms. The fraction of sp³-hybridized carbons (Fsp3) is 0.167. The molecule has 198 valence electrons. The fourth-order valence-electron chi connectivity index (χ4n) is 4.68. The Morgan fingerprint density at radius 2 is 1.08 bits per heavy atom. The van der Waals surface area contributed by atoms with E-state index >= 15 is 0 Å².